The van der Waals surface area contributed by atoms with E-state index in [9.17, 15) is 0 Å². The van der Waals surface area contributed by atoms with Crippen LogP contribution in [-0.4, -0.2) is 21.6 Å². The second kappa shape index (κ2) is 5.46. The first kappa shape index (κ1) is 8.33. The molecule has 0 saturated heterocycles. The molecule has 2 heteroatoms. The van der Waals surface area contributed by atoms with Crippen LogP contribution in [-0.2, 0) is 0 Å². The van der Waals surface area contributed by atoms with E-state index in [2.05, 4.69) is 47.2 Å². The van der Waals surface area contributed by atoms with Gasteiger partial charge in [0.1, 0.15) is 0 Å². The third-order valence-electron chi connectivity index (χ3n) is 0.955. The van der Waals surface area contributed by atoms with Crippen molar-refractivity contribution in [3.8, 4) is 0 Å². The van der Waals surface area contributed by atoms with E-state index in [0.717, 1.165) is 3.92 Å². The summed E-state index contributed by atoms with van der Waals surface area (Å²) in [7, 11) is 0. The van der Waals surface area contributed by atoms with Gasteiger partial charge in [-0.05, 0) is 0 Å². The van der Waals surface area contributed by atoms with Crippen molar-refractivity contribution in [2.45, 2.75) is 28.8 Å². The second-order valence-electron chi connectivity index (χ2n) is 1.92. The molecule has 0 nitrogen and oxygen atoms in total. The molecule has 0 aliphatic heterocycles. The molecule has 0 aliphatic carbocycles. The molecule has 1 atom stereocenters. The summed E-state index contributed by atoms with van der Waals surface area (Å²) < 4.78 is 0.873. The number of hydrogen-bond acceptors (Lipinski definition) is 0. The predicted octanol–water partition coefficient (Wildman–Crippen LogP) is 2.18. The van der Waals surface area contributed by atoms with Crippen LogP contribution in [0.1, 0.15) is 19.8 Å². The SMILES string of the molecule is [Li][CH2]CCC(C)I. The number of halogens is 1. The van der Waals surface area contributed by atoms with Crippen molar-refractivity contribution < 1.29 is 0 Å². The fraction of sp³-hybridized carbons (Fsp3) is 1.00. The standard InChI is InChI=1S/C5H10I.Li/c1-3-4-5(2)6;/h5H,1,3-4H2,2H3;. The Kier molecular flexibility index (Phi) is 6.50. The minimum absolute atomic E-state index is 0.873. The molecule has 0 aromatic heterocycles. The van der Waals surface area contributed by atoms with Crippen molar-refractivity contribution in [3.05, 3.63) is 0 Å². The zero-order chi connectivity index (χ0) is 5.70. The van der Waals surface area contributed by atoms with Gasteiger partial charge in [-0.15, -0.1) is 0 Å². The van der Waals surface area contributed by atoms with Gasteiger partial charge in [0.25, 0.3) is 0 Å². The molecule has 38 valence electrons. The van der Waals surface area contributed by atoms with E-state index in [4.69, 9.17) is 0 Å². The minimum atomic E-state index is 0.873. The van der Waals surface area contributed by atoms with Gasteiger partial charge < -0.3 is 0 Å². The van der Waals surface area contributed by atoms with Crippen molar-refractivity contribution >= 4 is 40.3 Å². The number of alkyl halides is 1. The van der Waals surface area contributed by atoms with Gasteiger partial charge in [0.2, 0.25) is 0 Å². The summed E-state index contributed by atoms with van der Waals surface area (Å²) >= 11 is 4.70. The molecule has 0 bridgehead atoms. The van der Waals surface area contributed by atoms with E-state index >= 15 is 0 Å². The van der Waals surface area contributed by atoms with Gasteiger partial charge in [0.15, 0.2) is 0 Å². The van der Waals surface area contributed by atoms with Crippen LogP contribution >= 0.6 is 22.6 Å². The van der Waals surface area contributed by atoms with Gasteiger partial charge in [-0.1, -0.05) is 0 Å². The average molecular weight is 204 g/mol. The molecule has 0 aromatic carbocycles. The van der Waals surface area contributed by atoms with Crippen LogP contribution < -0.4 is 0 Å². The van der Waals surface area contributed by atoms with E-state index in [0.29, 0.717) is 0 Å². The summed E-state index contributed by atoms with van der Waals surface area (Å²) in [4.78, 5) is 0. The Morgan fingerprint density at radius 1 is 1.71 bits per heavy atom. The fourth-order valence-electron chi connectivity index (χ4n) is 0.485. The molecule has 0 aliphatic rings. The van der Waals surface area contributed by atoms with Crippen LogP contribution in [0, 0.1) is 0 Å². The third kappa shape index (κ3) is 7.33. The topological polar surface area (TPSA) is 0 Å². The van der Waals surface area contributed by atoms with E-state index in [1.54, 1.807) is 0 Å². The molecule has 0 heterocycles. The molecule has 0 N–H and O–H groups in total. The van der Waals surface area contributed by atoms with Crippen LogP contribution in [0.15, 0.2) is 0 Å². The van der Waals surface area contributed by atoms with Crippen LogP contribution in [0.5, 0.6) is 0 Å². The molecule has 1 unspecified atom stereocenters. The maximum absolute atomic E-state index is 2.47. The molecule has 0 aromatic rings. The number of rotatable bonds is 3. The quantitative estimate of drug-likeness (QED) is 0.375. The fourth-order valence-corrected chi connectivity index (χ4v) is 0.926. The van der Waals surface area contributed by atoms with Gasteiger partial charge in [-0.3, -0.25) is 0 Å². The van der Waals surface area contributed by atoms with E-state index in [-0.39, 0.29) is 0 Å². The molecule has 0 spiro atoms. The van der Waals surface area contributed by atoms with Gasteiger partial charge in [0, 0.05) is 0 Å². The predicted molar refractivity (Wildman–Crippen MR) is 43.3 cm³/mol. The number of hydrogen-bond donors (Lipinski definition) is 0. The molecular weight excluding hydrogens is 194 g/mol. The second-order valence-corrected chi connectivity index (χ2v) is 4.05. The summed E-state index contributed by atoms with van der Waals surface area (Å²) in [5, 5.41) is 1.34. The molecule has 0 amide bonds. The molecule has 0 radical (unpaired) electrons. The van der Waals surface area contributed by atoms with E-state index < -0.39 is 0 Å². The van der Waals surface area contributed by atoms with Crippen molar-refractivity contribution in [1.29, 1.82) is 0 Å². The first-order valence-corrected chi connectivity index (χ1v) is 4.16. The zero-order valence-corrected chi connectivity index (χ0v) is 7.23. The Morgan fingerprint density at radius 2 is 2.29 bits per heavy atom. The van der Waals surface area contributed by atoms with Crippen molar-refractivity contribution in [1.82, 2.24) is 0 Å². The first-order valence-electron chi connectivity index (χ1n) is 2.91. The Balaban J connectivity index is 2.68. The molecule has 0 rings (SSSR count). The van der Waals surface area contributed by atoms with E-state index in [1.807, 2.05) is 0 Å². The van der Waals surface area contributed by atoms with Gasteiger partial charge >= 0.3 is 69.1 Å². The average Bonchev–Trinajstić information content (AvgIpc) is 1.61. The third-order valence-corrected chi connectivity index (χ3v) is 1.58. The van der Waals surface area contributed by atoms with Gasteiger partial charge in [-0.2, -0.15) is 0 Å². The Labute approximate surface area is 68.8 Å². The van der Waals surface area contributed by atoms with Crippen LogP contribution in [0.3, 0.4) is 0 Å². The summed E-state index contributed by atoms with van der Waals surface area (Å²) in [6.07, 6.45) is 2.78. The summed E-state index contributed by atoms with van der Waals surface area (Å²) in [5.74, 6) is 0. The zero-order valence-electron chi connectivity index (χ0n) is 5.08. The van der Waals surface area contributed by atoms with Crippen molar-refractivity contribution in [2.24, 2.45) is 0 Å². The molecular formula is C5H10ILi. The Hall–Kier alpha value is 1.33. The summed E-state index contributed by atoms with van der Waals surface area (Å²) in [6, 6.07) is 0. The Morgan fingerprint density at radius 3 is 2.43 bits per heavy atom. The molecule has 0 fully saturated rings. The molecule has 0 saturated carbocycles. The maximum atomic E-state index is 2.47. The van der Waals surface area contributed by atoms with Crippen LogP contribution in [0.2, 0.25) is 5.09 Å². The molecule has 7 heavy (non-hydrogen) atoms. The van der Waals surface area contributed by atoms with Gasteiger partial charge in [-0.25, -0.2) is 0 Å². The summed E-state index contributed by atoms with van der Waals surface area (Å²) in [5.41, 5.74) is 0. The van der Waals surface area contributed by atoms with E-state index in [1.165, 1.54) is 17.9 Å². The van der Waals surface area contributed by atoms with Crippen LogP contribution in [0.4, 0.5) is 0 Å². The Bertz CT molecular complexity index is 37.1. The normalized spacial score (nSPS) is 14.3. The first-order chi connectivity index (χ1) is 3.27. The van der Waals surface area contributed by atoms with Crippen molar-refractivity contribution in [3.63, 3.8) is 0 Å². The van der Waals surface area contributed by atoms with Gasteiger partial charge in [0.05, 0.1) is 0 Å². The summed E-state index contributed by atoms with van der Waals surface area (Å²) in [6.45, 7) is 2.26. The van der Waals surface area contributed by atoms with Crippen molar-refractivity contribution in [2.75, 3.05) is 0 Å². The van der Waals surface area contributed by atoms with Crippen LogP contribution in [0.25, 0.3) is 0 Å². The monoisotopic (exact) mass is 204 g/mol.